The third-order valence-corrected chi connectivity index (χ3v) is 5.39. The number of hydrogen-bond acceptors (Lipinski definition) is 5. The molecular weight excluding hydrogens is 360 g/mol. The molecule has 3 aromatic rings. The van der Waals surface area contributed by atoms with Crippen LogP contribution >= 0.6 is 11.3 Å². The first kappa shape index (κ1) is 19.3. The average Bonchev–Trinajstić information content (AvgIpc) is 2.98. The van der Waals surface area contributed by atoms with E-state index in [4.69, 9.17) is 0 Å². The second kappa shape index (κ2) is 8.45. The molecule has 142 valence electrons. The molecule has 7 heteroatoms. The lowest BCUT2D eigenvalue weighted by molar-refractivity contribution is -0.121. The molecule has 0 aliphatic carbocycles. The van der Waals surface area contributed by atoms with Crippen molar-refractivity contribution in [1.82, 2.24) is 19.8 Å². The Morgan fingerprint density at radius 2 is 2.00 bits per heavy atom. The molecule has 6 nitrogen and oxygen atoms in total. The van der Waals surface area contributed by atoms with Crippen LogP contribution in [0.3, 0.4) is 0 Å². The van der Waals surface area contributed by atoms with Gasteiger partial charge in [-0.15, -0.1) is 11.3 Å². The Kier molecular flexibility index (Phi) is 6.03. The summed E-state index contributed by atoms with van der Waals surface area (Å²) in [5.74, 6) is -0.0615. The Morgan fingerprint density at radius 1 is 1.26 bits per heavy atom. The van der Waals surface area contributed by atoms with Crippen LogP contribution in [0.25, 0.3) is 21.3 Å². The number of amides is 1. The molecule has 1 N–H and O–H groups in total. The summed E-state index contributed by atoms with van der Waals surface area (Å²) in [5, 5.41) is 3.51. The van der Waals surface area contributed by atoms with Crippen LogP contribution in [0.4, 0.5) is 0 Å². The van der Waals surface area contributed by atoms with E-state index < -0.39 is 0 Å². The lowest BCUT2D eigenvalue weighted by Gasteiger charge is -2.11. The smallest absolute Gasteiger partial charge is 0.262 e. The maximum atomic E-state index is 13.0. The maximum Gasteiger partial charge on any atom is 0.262 e. The highest BCUT2D eigenvalue weighted by Crippen LogP contribution is 2.35. The van der Waals surface area contributed by atoms with E-state index >= 15 is 0 Å². The predicted molar refractivity (Wildman–Crippen MR) is 110 cm³/mol. The molecule has 27 heavy (non-hydrogen) atoms. The third-order valence-electron chi connectivity index (χ3n) is 4.38. The summed E-state index contributed by atoms with van der Waals surface area (Å²) in [5.41, 5.74) is 1.86. The number of fused-ring (bicyclic) bond motifs is 1. The monoisotopic (exact) mass is 384 g/mol. The second-order valence-electron chi connectivity index (χ2n) is 6.73. The summed E-state index contributed by atoms with van der Waals surface area (Å²) in [6.07, 6.45) is 1.80. The highest BCUT2D eigenvalue weighted by Gasteiger charge is 2.17. The van der Waals surface area contributed by atoms with Crippen molar-refractivity contribution in [3.05, 3.63) is 51.9 Å². The second-order valence-corrected chi connectivity index (χ2v) is 7.93. The van der Waals surface area contributed by atoms with Crippen molar-refractivity contribution in [2.24, 2.45) is 0 Å². The molecule has 0 atom stereocenters. The van der Waals surface area contributed by atoms with Crippen LogP contribution in [0, 0.1) is 6.92 Å². The molecule has 0 saturated heterocycles. The molecule has 1 aromatic carbocycles. The van der Waals surface area contributed by atoms with Crippen LogP contribution in [-0.2, 0) is 11.3 Å². The van der Waals surface area contributed by atoms with Gasteiger partial charge in [0.1, 0.15) is 4.83 Å². The van der Waals surface area contributed by atoms with Crippen molar-refractivity contribution in [3.63, 3.8) is 0 Å². The number of thiophene rings is 1. The molecule has 2 aromatic heterocycles. The molecule has 1 amide bonds. The zero-order chi connectivity index (χ0) is 19.4. The van der Waals surface area contributed by atoms with Gasteiger partial charge in [0.25, 0.3) is 5.56 Å². The van der Waals surface area contributed by atoms with E-state index in [1.54, 1.807) is 6.33 Å². The number of hydrogen-bond donors (Lipinski definition) is 1. The van der Waals surface area contributed by atoms with Gasteiger partial charge in [0.2, 0.25) is 5.91 Å². The molecule has 0 radical (unpaired) electrons. The number of carbonyl (C=O) groups excluding carboxylic acids is 1. The van der Waals surface area contributed by atoms with E-state index in [1.807, 2.05) is 56.3 Å². The van der Waals surface area contributed by atoms with Gasteiger partial charge in [0.05, 0.1) is 11.7 Å². The highest BCUT2D eigenvalue weighted by molar-refractivity contribution is 7.19. The largest absolute Gasteiger partial charge is 0.355 e. The Hall–Kier alpha value is -2.51. The summed E-state index contributed by atoms with van der Waals surface area (Å²) in [4.78, 5) is 33.3. The van der Waals surface area contributed by atoms with E-state index in [2.05, 4.69) is 10.3 Å². The minimum absolute atomic E-state index is 0.0615. The van der Waals surface area contributed by atoms with Gasteiger partial charge in [-0.1, -0.05) is 30.3 Å². The zero-order valence-corrected chi connectivity index (χ0v) is 16.7. The van der Waals surface area contributed by atoms with E-state index in [0.717, 1.165) is 27.4 Å². The normalized spacial score (nSPS) is 11.3. The molecule has 2 heterocycles. The molecule has 0 bridgehead atoms. The van der Waals surface area contributed by atoms with Crippen LogP contribution in [-0.4, -0.2) is 47.5 Å². The summed E-state index contributed by atoms with van der Waals surface area (Å²) >= 11 is 1.53. The quantitative estimate of drug-likeness (QED) is 0.680. The SMILES string of the molecule is Cc1sc2ncn(CCC(=O)NCCN(C)C)c(=O)c2c1-c1ccccc1. The Bertz CT molecular complexity index is 992. The predicted octanol–water partition coefficient (Wildman–Crippen LogP) is 2.50. The van der Waals surface area contributed by atoms with Crippen LogP contribution < -0.4 is 10.9 Å². The van der Waals surface area contributed by atoms with E-state index in [-0.39, 0.29) is 17.9 Å². The number of likely N-dealkylation sites (N-methyl/N-ethyl adjacent to an activating group) is 1. The highest BCUT2D eigenvalue weighted by atomic mass is 32.1. The molecule has 0 spiro atoms. The van der Waals surface area contributed by atoms with E-state index in [1.165, 1.54) is 15.9 Å². The number of carbonyl (C=O) groups is 1. The van der Waals surface area contributed by atoms with E-state index in [0.29, 0.717) is 18.5 Å². The fourth-order valence-corrected chi connectivity index (χ4v) is 3.98. The first-order valence-electron chi connectivity index (χ1n) is 8.92. The van der Waals surface area contributed by atoms with Crippen LogP contribution in [0.2, 0.25) is 0 Å². The summed E-state index contributed by atoms with van der Waals surface area (Å²) in [7, 11) is 3.92. The van der Waals surface area contributed by atoms with Gasteiger partial charge >= 0.3 is 0 Å². The van der Waals surface area contributed by atoms with Crippen molar-refractivity contribution >= 4 is 27.5 Å². The van der Waals surface area contributed by atoms with Crippen molar-refractivity contribution in [3.8, 4) is 11.1 Å². The van der Waals surface area contributed by atoms with Gasteiger partial charge in [0, 0.05) is 36.5 Å². The lowest BCUT2D eigenvalue weighted by atomic mass is 10.0. The van der Waals surface area contributed by atoms with Gasteiger partial charge in [-0.3, -0.25) is 14.2 Å². The molecule has 0 aliphatic rings. The molecule has 0 unspecified atom stereocenters. The fourth-order valence-electron chi connectivity index (χ4n) is 2.98. The number of benzene rings is 1. The summed E-state index contributed by atoms with van der Waals surface area (Å²) in [6.45, 7) is 3.71. The Labute approximate surface area is 162 Å². The van der Waals surface area contributed by atoms with Crippen LogP contribution in [0.5, 0.6) is 0 Å². The van der Waals surface area contributed by atoms with Crippen LogP contribution in [0.1, 0.15) is 11.3 Å². The van der Waals surface area contributed by atoms with Gasteiger partial charge in [-0.2, -0.15) is 0 Å². The Balaban J connectivity index is 1.83. The number of nitrogens with one attached hydrogen (secondary N) is 1. The zero-order valence-electron chi connectivity index (χ0n) is 15.9. The summed E-state index contributed by atoms with van der Waals surface area (Å²) < 4.78 is 1.53. The van der Waals surface area contributed by atoms with Gasteiger partial charge in [-0.25, -0.2) is 4.98 Å². The maximum absolute atomic E-state index is 13.0. The average molecular weight is 385 g/mol. The van der Waals surface area contributed by atoms with Gasteiger partial charge in [-0.05, 0) is 26.6 Å². The first-order valence-corrected chi connectivity index (χ1v) is 9.74. The Morgan fingerprint density at radius 3 is 2.70 bits per heavy atom. The van der Waals surface area contributed by atoms with Crippen molar-refractivity contribution in [2.75, 3.05) is 27.2 Å². The van der Waals surface area contributed by atoms with Crippen molar-refractivity contribution < 1.29 is 4.79 Å². The molecule has 3 rings (SSSR count). The number of aromatic nitrogens is 2. The number of aryl methyl sites for hydroxylation is 2. The number of rotatable bonds is 7. The van der Waals surface area contributed by atoms with Gasteiger partial charge in [0.15, 0.2) is 0 Å². The lowest BCUT2D eigenvalue weighted by Crippen LogP contribution is -2.32. The fraction of sp³-hybridized carbons (Fsp3) is 0.350. The molecule has 0 aliphatic heterocycles. The minimum Gasteiger partial charge on any atom is -0.355 e. The number of nitrogens with zero attached hydrogens (tertiary/aromatic N) is 3. The van der Waals surface area contributed by atoms with Crippen LogP contribution in [0.15, 0.2) is 41.5 Å². The van der Waals surface area contributed by atoms with Crippen molar-refractivity contribution in [2.45, 2.75) is 19.9 Å². The third kappa shape index (κ3) is 4.43. The molecule has 0 saturated carbocycles. The van der Waals surface area contributed by atoms with E-state index in [9.17, 15) is 9.59 Å². The van der Waals surface area contributed by atoms with Gasteiger partial charge < -0.3 is 10.2 Å². The minimum atomic E-state index is -0.0932. The summed E-state index contributed by atoms with van der Waals surface area (Å²) in [6, 6.07) is 9.89. The topological polar surface area (TPSA) is 67.2 Å². The molecular formula is C20H24N4O2S. The van der Waals surface area contributed by atoms with Crippen molar-refractivity contribution in [1.29, 1.82) is 0 Å². The molecule has 0 fully saturated rings. The standard InChI is InChI=1S/C20H24N4O2S/c1-14-17(15-7-5-4-6-8-15)18-19(27-14)22-13-24(20(18)26)11-9-16(25)21-10-12-23(2)3/h4-8,13H,9-12H2,1-3H3,(H,21,25). The first-order chi connectivity index (χ1) is 13.0.